The van der Waals surface area contributed by atoms with E-state index in [4.69, 9.17) is 0 Å². The van der Waals surface area contributed by atoms with Gasteiger partial charge in [-0.3, -0.25) is 4.79 Å². The van der Waals surface area contributed by atoms with Crippen LogP contribution in [0.2, 0.25) is 0 Å². The molecule has 1 N–H and O–H groups in total. The molecule has 1 aromatic rings. The second kappa shape index (κ2) is 5.48. The van der Waals surface area contributed by atoms with Gasteiger partial charge < -0.3 is 5.32 Å². The van der Waals surface area contributed by atoms with Crippen LogP contribution in [0.25, 0.3) is 0 Å². The summed E-state index contributed by atoms with van der Waals surface area (Å²) in [5.41, 5.74) is 1.94. The zero-order valence-electron chi connectivity index (χ0n) is 9.21. The van der Waals surface area contributed by atoms with E-state index in [2.05, 4.69) is 21.2 Å². The number of carbonyl (C=O) groups excluding carboxylic acids is 1. The van der Waals surface area contributed by atoms with E-state index in [0.717, 1.165) is 17.4 Å². The van der Waals surface area contributed by atoms with Crippen molar-refractivity contribution < 1.29 is 4.79 Å². The second-order valence-corrected chi connectivity index (χ2v) is 4.90. The highest BCUT2D eigenvalue weighted by Gasteiger charge is 2.18. The SMILES string of the molecule is O=C(NCC1CCC1)c1ccc(CBr)cc1. The average molecular weight is 282 g/mol. The number of rotatable bonds is 4. The summed E-state index contributed by atoms with van der Waals surface area (Å²) in [6, 6.07) is 7.72. The summed E-state index contributed by atoms with van der Waals surface area (Å²) in [5.74, 6) is 0.763. The van der Waals surface area contributed by atoms with Crippen molar-refractivity contribution in [1.29, 1.82) is 0 Å². The molecule has 16 heavy (non-hydrogen) atoms. The quantitative estimate of drug-likeness (QED) is 0.845. The molecule has 0 atom stereocenters. The van der Waals surface area contributed by atoms with Crippen LogP contribution in [0.1, 0.15) is 35.2 Å². The highest BCUT2D eigenvalue weighted by atomic mass is 79.9. The van der Waals surface area contributed by atoms with Gasteiger partial charge >= 0.3 is 0 Å². The lowest BCUT2D eigenvalue weighted by Crippen LogP contribution is -2.32. The fraction of sp³-hybridized carbons (Fsp3) is 0.462. The van der Waals surface area contributed by atoms with Gasteiger partial charge in [0.05, 0.1) is 0 Å². The summed E-state index contributed by atoms with van der Waals surface area (Å²) >= 11 is 3.39. The maximum Gasteiger partial charge on any atom is 0.251 e. The number of benzene rings is 1. The van der Waals surface area contributed by atoms with Crippen LogP contribution in [-0.4, -0.2) is 12.5 Å². The normalized spacial score (nSPS) is 15.6. The van der Waals surface area contributed by atoms with Crippen molar-refractivity contribution in [2.45, 2.75) is 24.6 Å². The van der Waals surface area contributed by atoms with E-state index in [1.165, 1.54) is 24.8 Å². The van der Waals surface area contributed by atoms with E-state index in [1.54, 1.807) is 0 Å². The van der Waals surface area contributed by atoms with Gasteiger partial charge in [-0.1, -0.05) is 34.5 Å². The second-order valence-electron chi connectivity index (χ2n) is 4.34. The van der Waals surface area contributed by atoms with Crippen molar-refractivity contribution in [3.8, 4) is 0 Å². The third-order valence-corrected chi connectivity index (χ3v) is 3.79. The van der Waals surface area contributed by atoms with Gasteiger partial charge in [-0.25, -0.2) is 0 Å². The lowest BCUT2D eigenvalue weighted by Gasteiger charge is -2.25. The summed E-state index contributed by atoms with van der Waals surface area (Å²) in [5, 5.41) is 3.82. The Bertz CT molecular complexity index is 357. The molecule has 1 fully saturated rings. The van der Waals surface area contributed by atoms with Crippen LogP contribution in [-0.2, 0) is 5.33 Å². The first-order chi connectivity index (χ1) is 7.79. The maximum atomic E-state index is 11.8. The molecule has 1 aliphatic carbocycles. The molecule has 1 aliphatic rings. The summed E-state index contributed by atoms with van der Waals surface area (Å²) in [4.78, 5) is 11.8. The van der Waals surface area contributed by atoms with E-state index in [0.29, 0.717) is 5.92 Å². The van der Waals surface area contributed by atoms with Crippen LogP contribution < -0.4 is 5.32 Å². The average Bonchev–Trinajstić information content (AvgIpc) is 2.27. The van der Waals surface area contributed by atoms with Crippen molar-refractivity contribution in [1.82, 2.24) is 5.32 Å². The molecule has 0 spiro atoms. The van der Waals surface area contributed by atoms with E-state index in [1.807, 2.05) is 24.3 Å². The minimum Gasteiger partial charge on any atom is -0.352 e. The summed E-state index contributed by atoms with van der Waals surface area (Å²) < 4.78 is 0. The minimum absolute atomic E-state index is 0.0491. The molecule has 0 aromatic heterocycles. The van der Waals surface area contributed by atoms with E-state index in [-0.39, 0.29) is 5.91 Å². The molecule has 1 saturated carbocycles. The van der Waals surface area contributed by atoms with Gasteiger partial charge in [0.15, 0.2) is 0 Å². The standard InChI is InChI=1S/C13H16BrNO/c14-8-10-4-6-12(7-5-10)13(16)15-9-11-2-1-3-11/h4-7,11H,1-3,8-9H2,(H,15,16). The highest BCUT2D eigenvalue weighted by molar-refractivity contribution is 9.08. The van der Waals surface area contributed by atoms with Crippen molar-refractivity contribution >= 4 is 21.8 Å². The van der Waals surface area contributed by atoms with Crippen molar-refractivity contribution in [3.05, 3.63) is 35.4 Å². The molecule has 3 heteroatoms. The maximum absolute atomic E-state index is 11.8. The Balaban J connectivity index is 1.86. The first-order valence-electron chi connectivity index (χ1n) is 5.72. The summed E-state index contributed by atoms with van der Waals surface area (Å²) in [7, 11) is 0. The van der Waals surface area contributed by atoms with Crippen LogP contribution >= 0.6 is 15.9 Å². The molecule has 2 nitrogen and oxygen atoms in total. The Hall–Kier alpha value is -0.830. The molecule has 1 amide bonds. The number of alkyl halides is 1. The zero-order valence-corrected chi connectivity index (χ0v) is 10.8. The molecule has 0 bridgehead atoms. The molecule has 0 heterocycles. The fourth-order valence-corrected chi connectivity index (χ4v) is 2.16. The zero-order chi connectivity index (χ0) is 11.4. The monoisotopic (exact) mass is 281 g/mol. The smallest absolute Gasteiger partial charge is 0.251 e. The minimum atomic E-state index is 0.0491. The van der Waals surface area contributed by atoms with Crippen LogP contribution in [0, 0.1) is 5.92 Å². The Morgan fingerprint density at radius 3 is 2.50 bits per heavy atom. The van der Waals surface area contributed by atoms with Crippen LogP contribution in [0.3, 0.4) is 0 Å². The Morgan fingerprint density at radius 2 is 2.00 bits per heavy atom. The number of halogens is 1. The first kappa shape index (κ1) is 11.6. The van der Waals surface area contributed by atoms with Crippen molar-refractivity contribution in [2.24, 2.45) is 5.92 Å². The number of hydrogen-bond donors (Lipinski definition) is 1. The Labute approximate surface area is 105 Å². The van der Waals surface area contributed by atoms with Crippen molar-refractivity contribution in [3.63, 3.8) is 0 Å². The van der Waals surface area contributed by atoms with Crippen LogP contribution in [0.4, 0.5) is 0 Å². The van der Waals surface area contributed by atoms with E-state index < -0.39 is 0 Å². The third kappa shape index (κ3) is 2.85. The first-order valence-corrected chi connectivity index (χ1v) is 6.85. The molecular weight excluding hydrogens is 266 g/mol. The van der Waals surface area contributed by atoms with Gasteiger partial charge in [-0.2, -0.15) is 0 Å². The largest absolute Gasteiger partial charge is 0.352 e. The van der Waals surface area contributed by atoms with E-state index in [9.17, 15) is 4.79 Å². The molecule has 0 saturated heterocycles. The van der Waals surface area contributed by atoms with Gasteiger partial charge in [0.2, 0.25) is 0 Å². The summed E-state index contributed by atoms with van der Waals surface area (Å²) in [6.07, 6.45) is 3.85. The van der Waals surface area contributed by atoms with Gasteiger partial charge in [-0.15, -0.1) is 0 Å². The molecule has 0 radical (unpaired) electrons. The number of carbonyl (C=O) groups is 1. The fourth-order valence-electron chi connectivity index (χ4n) is 1.78. The van der Waals surface area contributed by atoms with Gasteiger partial charge in [0.1, 0.15) is 0 Å². The highest BCUT2D eigenvalue weighted by Crippen LogP contribution is 2.25. The lowest BCUT2D eigenvalue weighted by molar-refractivity contribution is 0.0939. The molecular formula is C13H16BrNO. The molecule has 0 aliphatic heterocycles. The molecule has 1 aromatic carbocycles. The van der Waals surface area contributed by atoms with Crippen LogP contribution in [0.15, 0.2) is 24.3 Å². The van der Waals surface area contributed by atoms with Gasteiger partial charge in [0, 0.05) is 17.4 Å². The third-order valence-electron chi connectivity index (χ3n) is 3.15. The predicted molar refractivity (Wildman–Crippen MR) is 68.7 cm³/mol. The van der Waals surface area contributed by atoms with E-state index >= 15 is 0 Å². The topological polar surface area (TPSA) is 29.1 Å². The predicted octanol–water partition coefficient (Wildman–Crippen LogP) is 3.11. The number of nitrogens with one attached hydrogen (secondary N) is 1. The van der Waals surface area contributed by atoms with Gasteiger partial charge in [0.25, 0.3) is 5.91 Å². The van der Waals surface area contributed by atoms with Crippen molar-refractivity contribution in [2.75, 3.05) is 6.54 Å². The Kier molecular flexibility index (Phi) is 3.99. The molecule has 0 unspecified atom stereocenters. The lowest BCUT2D eigenvalue weighted by atomic mass is 9.85. The van der Waals surface area contributed by atoms with Gasteiger partial charge in [-0.05, 0) is 36.5 Å². The van der Waals surface area contributed by atoms with Crippen LogP contribution in [0.5, 0.6) is 0 Å². The summed E-state index contributed by atoms with van der Waals surface area (Å²) in [6.45, 7) is 0.832. The molecule has 2 rings (SSSR count). The molecule has 86 valence electrons. The number of amides is 1. The Morgan fingerprint density at radius 1 is 1.31 bits per heavy atom. The number of hydrogen-bond acceptors (Lipinski definition) is 1.